The molecule has 0 spiro atoms. The van der Waals surface area contributed by atoms with Gasteiger partial charge in [0, 0.05) is 43.7 Å². The number of halogens is 1. The molecule has 0 radical (unpaired) electrons. The van der Waals surface area contributed by atoms with Crippen LogP contribution in [0.3, 0.4) is 0 Å². The highest BCUT2D eigenvalue weighted by Gasteiger charge is 2.29. The van der Waals surface area contributed by atoms with Crippen LogP contribution in [0.15, 0.2) is 24.3 Å². The molecule has 4 rings (SSSR count). The highest BCUT2D eigenvalue weighted by molar-refractivity contribution is 6.31. The van der Waals surface area contributed by atoms with Crippen molar-refractivity contribution in [2.45, 2.75) is 44.2 Å². The Morgan fingerprint density at radius 1 is 1.35 bits per heavy atom. The standard InChI is InChI=1S/C22H30ClN5O3/c1-14-9-17(5-6-19(14)23)31-18-11-28(12-18)8-7-16(13-29)24-22(30)25-21-10-20(15-3-4-15)26-27(21)2/h5-6,9-10,15-16,18,29H,3-4,7-8,11-13H2,1-2H3,(H2,24,25,30)/t16-/m0/s1. The van der Waals surface area contributed by atoms with E-state index in [1.54, 1.807) is 4.68 Å². The Hall–Kier alpha value is -2.29. The zero-order chi connectivity index (χ0) is 22.0. The Balaban J connectivity index is 1.17. The zero-order valence-electron chi connectivity index (χ0n) is 18.0. The number of nitrogens with one attached hydrogen (secondary N) is 2. The first-order valence-electron chi connectivity index (χ1n) is 10.8. The van der Waals surface area contributed by atoms with Crippen LogP contribution in [0.2, 0.25) is 5.02 Å². The molecule has 0 unspecified atom stereocenters. The molecule has 1 aliphatic carbocycles. The van der Waals surface area contributed by atoms with Gasteiger partial charge < -0.3 is 15.2 Å². The van der Waals surface area contributed by atoms with Crippen LogP contribution in [-0.2, 0) is 7.05 Å². The van der Waals surface area contributed by atoms with Crippen LogP contribution in [0.25, 0.3) is 0 Å². The van der Waals surface area contributed by atoms with Crippen molar-refractivity contribution in [1.82, 2.24) is 20.0 Å². The Bertz CT molecular complexity index is 924. The molecule has 0 bridgehead atoms. The number of aliphatic hydroxyl groups excluding tert-OH is 1. The summed E-state index contributed by atoms with van der Waals surface area (Å²) in [5.74, 6) is 2.03. The third kappa shape index (κ3) is 5.70. The summed E-state index contributed by atoms with van der Waals surface area (Å²) < 4.78 is 7.66. The number of benzene rings is 1. The Morgan fingerprint density at radius 2 is 2.13 bits per heavy atom. The summed E-state index contributed by atoms with van der Waals surface area (Å²) in [5.41, 5.74) is 2.03. The molecule has 1 saturated carbocycles. The van der Waals surface area contributed by atoms with Gasteiger partial charge >= 0.3 is 6.03 Å². The van der Waals surface area contributed by atoms with E-state index in [-0.39, 0.29) is 24.8 Å². The van der Waals surface area contributed by atoms with Crippen molar-refractivity contribution in [3.05, 3.63) is 40.5 Å². The molecule has 3 N–H and O–H groups in total. The minimum Gasteiger partial charge on any atom is -0.488 e. The van der Waals surface area contributed by atoms with Gasteiger partial charge in [-0.15, -0.1) is 0 Å². The van der Waals surface area contributed by atoms with Crippen LogP contribution in [0.4, 0.5) is 10.6 Å². The fraction of sp³-hybridized carbons (Fsp3) is 0.545. The number of rotatable bonds is 9. The average Bonchev–Trinajstić information content (AvgIpc) is 3.49. The van der Waals surface area contributed by atoms with Crippen molar-refractivity contribution < 1.29 is 14.6 Å². The number of carbonyl (C=O) groups excluding carboxylic acids is 1. The van der Waals surface area contributed by atoms with E-state index in [2.05, 4.69) is 20.6 Å². The van der Waals surface area contributed by atoms with Crippen molar-refractivity contribution in [3.63, 3.8) is 0 Å². The van der Waals surface area contributed by atoms with Crippen molar-refractivity contribution in [3.8, 4) is 5.75 Å². The lowest BCUT2D eigenvalue weighted by atomic mass is 10.1. The normalized spacial score (nSPS) is 17.8. The van der Waals surface area contributed by atoms with Crippen LogP contribution in [0.5, 0.6) is 5.75 Å². The van der Waals surface area contributed by atoms with Gasteiger partial charge in [-0.3, -0.25) is 14.9 Å². The molecule has 2 fully saturated rings. The van der Waals surface area contributed by atoms with E-state index in [4.69, 9.17) is 16.3 Å². The Kier molecular flexibility index (Phi) is 6.69. The SMILES string of the molecule is Cc1cc(OC2CN(CC[C@@H](CO)NC(=O)Nc3cc(C4CC4)nn3C)C2)ccc1Cl. The van der Waals surface area contributed by atoms with Crippen LogP contribution in [0, 0.1) is 6.92 Å². The number of urea groups is 1. The van der Waals surface area contributed by atoms with Gasteiger partial charge in [-0.1, -0.05) is 11.6 Å². The lowest BCUT2D eigenvalue weighted by Gasteiger charge is -2.39. The summed E-state index contributed by atoms with van der Waals surface area (Å²) >= 11 is 6.05. The summed E-state index contributed by atoms with van der Waals surface area (Å²) in [6, 6.07) is 6.97. The van der Waals surface area contributed by atoms with Gasteiger partial charge in [-0.25, -0.2) is 4.79 Å². The predicted octanol–water partition coefficient (Wildman–Crippen LogP) is 2.90. The maximum atomic E-state index is 12.3. The monoisotopic (exact) mass is 447 g/mol. The zero-order valence-corrected chi connectivity index (χ0v) is 18.7. The number of ether oxygens (including phenoxy) is 1. The molecule has 1 aromatic heterocycles. The molecule has 2 amide bonds. The molecular formula is C22H30ClN5O3. The highest BCUT2D eigenvalue weighted by Crippen LogP contribution is 2.39. The first-order valence-corrected chi connectivity index (χ1v) is 11.2. The van der Waals surface area contributed by atoms with Crippen LogP contribution >= 0.6 is 11.6 Å². The summed E-state index contributed by atoms with van der Waals surface area (Å²) in [6.07, 6.45) is 3.14. The fourth-order valence-electron chi connectivity index (χ4n) is 3.73. The van der Waals surface area contributed by atoms with Crippen molar-refractivity contribution in [2.24, 2.45) is 7.05 Å². The predicted molar refractivity (Wildman–Crippen MR) is 120 cm³/mol. The molecule has 2 heterocycles. The average molecular weight is 448 g/mol. The van der Waals surface area contributed by atoms with Gasteiger partial charge in [0.25, 0.3) is 0 Å². The lowest BCUT2D eigenvalue weighted by Crippen LogP contribution is -2.55. The van der Waals surface area contributed by atoms with E-state index in [0.29, 0.717) is 18.2 Å². The van der Waals surface area contributed by atoms with E-state index >= 15 is 0 Å². The second-order valence-electron chi connectivity index (χ2n) is 8.53. The molecule has 1 atom stereocenters. The van der Waals surface area contributed by atoms with E-state index in [1.165, 1.54) is 0 Å². The second kappa shape index (κ2) is 9.46. The molecule has 31 heavy (non-hydrogen) atoms. The van der Waals surface area contributed by atoms with Crippen molar-refractivity contribution >= 4 is 23.4 Å². The highest BCUT2D eigenvalue weighted by atomic mass is 35.5. The summed E-state index contributed by atoms with van der Waals surface area (Å²) in [5, 5.41) is 20.5. The minimum atomic E-state index is -0.327. The second-order valence-corrected chi connectivity index (χ2v) is 8.94. The largest absolute Gasteiger partial charge is 0.488 e. The number of anilines is 1. The van der Waals surface area contributed by atoms with Gasteiger partial charge in [0.15, 0.2) is 0 Å². The smallest absolute Gasteiger partial charge is 0.320 e. The lowest BCUT2D eigenvalue weighted by molar-refractivity contribution is 0.0168. The van der Waals surface area contributed by atoms with Crippen molar-refractivity contribution in [2.75, 3.05) is 31.6 Å². The van der Waals surface area contributed by atoms with Gasteiger partial charge in [0.05, 0.1) is 18.3 Å². The quantitative estimate of drug-likeness (QED) is 0.549. The number of amides is 2. The maximum absolute atomic E-state index is 12.3. The summed E-state index contributed by atoms with van der Waals surface area (Å²) in [7, 11) is 1.82. The van der Waals surface area contributed by atoms with Crippen LogP contribution in [0.1, 0.15) is 36.4 Å². The number of aromatic nitrogens is 2. The summed E-state index contributed by atoms with van der Waals surface area (Å²) in [6.45, 7) is 4.28. The fourth-order valence-corrected chi connectivity index (χ4v) is 3.85. The van der Waals surface area contributed by atoms with E-state index in [9.17, 15) is 9.90 Å². The molecule has 1 saturated heterocycles. The first kappa shape index (κ1) is 21.9. The number of carbonyl (C=O) groups is 1. The minimum absolute atomic E-state index is 0.107. The van der Waals surface area contributed by atoms with Gasteiger partial charge in [-0.2, -0.15) is 5.10 Å². The van der Waals surface area contributed by atoms with Crippen LogP contribution < -0.4 is 15.4 Å². The van der Waals surface area contributed by atoms with Crippen molar-refractivity contribution in [1.29, 1.82) is 0 Å². The first-order chi connectivity index (χ1) is 14.9. The van der Waals surface area contributed by atoms with E-state index < -0.39 is 0 Å². The topological polar surface area (TPSA) is 91.7 Å². The molecule has 2 aliphatic rings. The van der Waals surface area contributed by atoms with Gasteiger partial charge in [0.2, 0.25) is 0 Å². The van der Waals surface area contributed by atoms with Gasteiger partial charge in [0.1, 0.15) is 17.7 Å². The molecular weight excluding hydrogens is 418 g/mol. The van der Waals surface area contributed by atoms with Gasteiger partial charge in [-0.05, 0) is 49.9 Å². The number of hydrogen-bond donors (Lipinski definition) is 3. The molecule has 168 valence electrons. The maximum Gasteiger partial charge on any atom is 0.320 e. The Morgan fingerprint density at radius 3 is 2.81 bits per heavy atom. The van der Waals surface area contributed by atoms with E-state index in [1.807, 2.05) is 38.2 Å². The number of hydrogen-bond acceptors (Lipinski definition) is 5. The molecule has 2 aromatic rings. The number of aliphatic hydroxyl groups is 1. The van der Waals surface area contributed by atoms with E-state index in [0.717, 1.165) is 54.5 Å². The van der Waals surface area contributed by atoms with Crippen LogP contribution in [-0.4, -0.2) is 64.2 Å². The molecule has 1 aliphatic heterocycles. The molecule has 8 nitrogen and oxygen atoms in total. The summed E-state index contributed by atoms with van der Waals surface area (Å²) in [4.78, 5) is 14.6. The number of likely N-dealkylation sites (tertiary alicyclic amines) is 1. The third-order valence-electron chi connectivity index (χ3n) is 5.84. The Labute approximate surface area is 187 Å². The number of aryl methyl sites for hydroxylation is 2. The molecule has 1 aromatic carbocycles. The molecule has 9 heteroatoms. The third-order valence-corrected chi connectivity index (χ3v) is 6.27. The number of nitrogens with zero attached hydrogens (tertiary/aromatic N) is 3.